The van der Waals surface area contributed by atoms with Crippen molar-refractivity contribution in [2.45, 2.75) is 65.3 Å². The lowest BCUT2D eigenvalue weighted by Gasteiger charge is -2.32. The number of nitrogens with zero attached hydrogens (tertiary/aromatic N) is 1. The molecule has 23 heavy (non-hydrogen) atoms. The number of carbonyl (C=O) groups is 1. The smallest absolute Gasteiger partial charge is 0.455 e. The van der Waals surface area contributed by atoms with Crippen LogP contribution in [0.15, 0.2) is 12.3 Å². The zero-order valence-corrected chi connectivity index (χ0v) is 14.7. The van der Waals surface area contributed by atoms with Crippen LogP contribution in [-0.4, -0.2) is 34.9 Å². The Morgan fingerprint density at radius 3 is 2.17 bits per heavy atom. The molecule has 1 aliphatic rings. The van der Waals surface area contributed by atoms with Gasteiger partial charge in [-0.1, -0.05) is 0 Å². The van der Waals surface area contributed by atoms with Gasteiger partial charge in [-0.2, -0.15) is 0 Å². The number of carbonyl (C=O) groups excluding carboxylic acids is 1. The molecule has 2 heterocycles. The first-order valence-electron chi connectivity index (χ1n) is 7.57. The lowest BCUT2D eigenvalue weighted by molar-refractivity contribution is 0.00575. The largest absolute Gasteiger partial charge is 0.496 e. The lowest BCUT2D eigenvalue weighted by Crippen LogP contribution is -2.41. The third-order valence-corrected chi connectivity index (χ3v) is 3.98. The maximum atomic E-state index is 14.2. The number of aromatic nitrogens is 1. The van der Waals surface area contributed by atoms with Crippen molar-refractivity contribution in [1.82, 2.24) is 4.98 Å². The molecule has 1 aromatic heterocycles. The van der Waals surface area contributed by atoms with Crippen LogP contribution in [0.2, 0.25) is 0 Å². The zero-order valence-electron chi connectivity index (χ0n) is 14.7. The van der Waals surface area contributed by atoms with Gasteiger partial charge in [-0.15, -0.1) is 0 Å². The summed E-state index contributed by atoms with van der Waals surface area (Å²) in [6, 6.07) is 1.20. The minimum atomic E-state index is -0.796. The van der Waals surface area contributed by atoms with Crippen molar-refractivity contribution in [2.75, 3.05) is 0 Å². The minimum absolute atomic E-state index is 0.347. The number of pyridine rings is 1. The predicted molar refractivity (Wildman–Crippen MR) is 85.1 cm³/mol. The van der Waals surface area contributed by atoms with Gasteiger partial charge in [-0.3, -0.25) is 0 Å². The van der Waals surface area contributed by atoms with E-state index in [1.807, 2.05) is 27.7 Å². The molecular weight excluding hydrogens is 300 g/mol. The normalized spacial score (nSPS) is 19.7. The third kappa shape index (κ3) is 3.72. The molecule has 0 saturated carbocycles. The highest BCUT2D eigenvalue weighted by molar-refractivity contribution is 6.62. The first kappa shape index (κ1) is 17.9. The number of esters is 1. The lowest BCUT2D eigenvalue weighted by atomic mass is 9.80. The van der Waals surface area contributed by atoms with E-state index in [2.05, 4.69) is 4.98 Å². The number of ether oxygens (including phenoxy) is 1. The molecule has 5 nitrogen and oxygen atoms in total. The zero-order chi connectivity index (χ0) is 17.6. The number of halogens is 1. The summed E-state index contributed by atoms with van der Waals surface area (Å²) in [6.45, 7) is 12.8. The predicted octanol–water partition coefficient (Wildman–Crippen LogP) is 2.48. The Kier molecular flexibility index (Phi) is 4.32. The summed E-state index contributed by atoms with van der Waals surface area (Å²) in [5.74, 6) is -1.55. The van der Waals surface area contributed by atoms with Gasteiger partial charge in [0.15, 0.2) is 11.5 Å². The van der Waals surface area contributed by atoms with Crippen molar-refractivity contribution in [1.29, 1.82) is 0 Å². The molecule has 1 aromatic rings. The van der Waals surface area contributed by atoms with E-state index in [4.69, 9.17) is 14.0 Å². The molecule has 0 aromatic carbocycles. The van der Waals surface area contributed by atoms with Crippen LogP contribution in [-0.2, 0) is 14.0 Å². The molecule has 1 fully saturated rings. The molecule has 0 atom stereocenters. The van der Waals surface area contributed by atoms with E-state index in [-0.39, 0.29) is 5.69 Å². The maximum absolute atomic E-state index is 14.2. The van der Waals surface area contributed by atoms with Crippen LogP contribution in [0.3, 0.4) is 0 Å². The average Bonchev–Trinajstić information content (AvgIpc) is 2.56. The number of rotatable bonds is 2. The fraction of sp³-hybridized carbons (Fsp3) is 0.625. The molecule has 0 spiro atoms. The highest BCUT2D eigenvalue weighted by atomic mass is 19.1. The topological polar surface area (TPSA) is 57.7 Å². The monoisotopic (exact) mass is 323 g/mol. The molecule has 0 radical (unpaired) electrons. The molecule has 2 rings (SSSR count). The Labute approximate surface area is 136 Å². The Balaban J connectivity index is 2.23. The number of hydrogen-bond donors (Lipinski definition) is 0. The summed E-state index contributed by atoms with van der Waals surface area (Å²) in [5.41, 5.74) is -1.69. The van der Waals surface area contributed by atoms with Crippen LogP contribution < -0.4 is 5.46 Å². The summed E-state index contributed by atoms with van der Waals surface area (Å²) >= 11 is 0. The van der Waals surface area contributed by atoms with Crippen molar-refractivity contribution in [2.24, 2.45) is 0 Å². The second-order valence-corrected chi connectivity index (χ2v) is 7.69. The van der Waals surface area contributed by atoms with Gasteiger partial charge >= 0.3 is 13.1 Å². The van der Waals surface area contributed by atoms with Crippen LogP contribution >= 0.6 is 0 Å². The molecular formula is C16H23BFNO4. The molecule has 0 bridgehead atoms. The van der Waals surface area contributed by atoms with Gasteiger partial charge in [0.1, 0.15) is 5.60 Å². The standard InChI is InChI=1S/C16H23BFNO4/c1-14(2,3)21-13(20)12-11(18)8-10(9-19-12)17-22-15(4,5)16(6,7)23-17/h8-9H,1-7H3. The van der Waals surface area contributed by atoms with Gasteiger partial charge in [0.25, 0.3) is 0 Å². The first-order chi connectivity index (χ1) is 10.3. The van der Waals surface area contributed by atoms with Gasteiger partial charge in [0.2, 0.25) is 0 Å². The van der Waals surface area contributed by atoms with E-state index < -0.39 is 35.7 Å². The summed E-state index contributed by atoms with van der Waals surface area (Å²) in [6.07, 6.45) is 1.38. The van der Waals surface area contributed by atoms with Crippen molar-refractivity contribution in [3.8, 4) is 0 Å². The Morgan fingerprint density at radius 2 is 1.74 bits per heavy atom. The van der Waals surface area contributed by atoms with Crippen molar-refractivity contribution in [3.63, 3.8) is 0 Å². The van der Waals surface area contributed by atoms with Crippen LogP contribution in [0.25, 0.3) is 0 Å². The highest BCUT2D eigenvalue weighted by Gasteiger charge is 2.52. The van der Waals surface area contributed by atoms with Gasteiger partial charge in [0, 0.05) is 11.7 Å². The third-order valence-electron chi connectivity index (χ3n) is 3.98. The van der Waals surface area contributed by atoms with Crippen molar-refractivity contribution in [3.05, 3.63) is 23.8 Å². The van der Waals surface area contributed by atoms with E-state index in [0.29, 0.717) is 5.46 Å². The van der Waals surface area contributed by atoms with E-state index in [1.54, 1.807) is 20.8 Å². The van der Waals surface area contributed by atoms with Crippen LogP contribution in [0.1, 0.15) is 59.0 Å². The summed E-state index contributed by atoms with van der Waals surface area (Å²) in [7, 11) is -0.727. The van der Waals surface area contributed by atoms with Gasteiger partial charge in [-0.25, -0.2) is 14.2 Å². The Hall–Kier alpha value is -1.47. The molecule has 0 amide bonds. The van der Waals surface area contributed by atoms with Crippen molar-refractivity contribution < 1.29 is 23.2 Å². The van der Waals surface area contributed by atoms with Crippen LogP contribution in [0.5, 0.6) is 0 Å². The second-order valence-electron chi connectivity index (χ2n) is 7.69. The molecule has 0 N–H and O–H groups in total. The molecule has 126 valence electrons. The SMILES string of the molecule is CC(C)(C)OC(=O)c1ncc(B2OC(C)(C)C(C)(C)O2)cc1F. The molecule has 1 saturated heterocycles. The van der Waals surface area contributed by atoms with E-state index in [1.165, 1.54) is 12.3 Å². The van der Waals surface area contributed by atoms with Gasteiger partial charge in [0.05, 0.1) is 11.2 Å². The summed E-state index contributed by atoms with van der Waals surface area (Å²) in [5, 5.41) is 0. The molecule has 0 unspecified atom stereocenters. The quantitative estimate of drug-likeness (QED) is 0.618. The van der Waals surface area contributed by atoms with Crippen LogP contribution in [0, 0.1) is 5.82 Å². The van der Waals surface area contributed by atoms with Gasteiger partial charge in [-0.05, 0) is 54.5 Å². The maximum Gasteiger partial charge on any atom is 0.496 e. The molecule has 0 aliphatic carbocycles. The Morgan fingerprint density at radius 1 is 1.22 bits per heavy atom. The minimum Gasteiger partial charge on any atom is -0.455 e. The molecule has 7 heteroatoms. The fourth-order valence-electron chi connectivity index (χ4n) is 2.04. The van der Waals surface area contributed by atoms with E-state index >= 15 is 0 Å². The molecule has 1 aliphatic heterocycles. The summed E-state index contributed by atoms with van der Waals surface area (Å²) in [4.78, 5) is 15.8. The highest BCUT2D eigenvalue weighted by Crippen LogP contribution is 2.36. The average molecular weight is 323 g/mol. The van der Waals surface area contributed by atoms with Gasteiger partial charge < -0.3 is 14.0 Å². The van der Waals surface area contributed by atoms with E-state index in [9.17, 15) is 9.18 Å². The van der Waals surface area contributed by atoms with E-state index in [0.717, 1.165) is 0 Å². The summed E-state index contributed by atoms with van der Waals surface area (Å²) < 4.78 is 31.1. The van der Waals surface area contributed by atoms with Crippen LogP contribution in [0.4, 0.5) is 4.39 Å². The Bertz CT molecular complexity index is 609. The number of hydrogen-bond acceptors (Lipinski definition) is 5. The van der Waals surface area contributed by atoms with Crippen molar-refractivity contribution >= 4 is 18.6 Å². The first-order valence-corrected chi connectivity index (χ1v) is 7.57. The fourth-order valence-corrected chi connectivity index (χ4v) is 2.04. The second kappa shape index (κ2) is 5.56.